The zero-order valence-electron chi connectivity index (χ0n) is 16.3. The van der Waals surface area contributed by atoms with Gasteiger partial charge in [0.25, 0.3) is 5.89 Å². The minimum absolute atomic E-state index is 0.00451. The zero-order valence-corrected chi connectivity index (χ0v) is 17.1. The molecule has 1 aromatic carbocycles. The molecule has 0 fully saturated rings. The number of halogens is 3. The molecule has 0 unspecified atom stereocenters. The molecule has 0 radical (unpaired) electrons. The highest BCUT2D eigenvalue weighted by Gasteiger charge is 2.30. The third-order valence-electron chi connectivity index (χ3n) is 4.29. The Labute approximate surface area is 181 Å². The van der Waals surface area contributed by atoms with E-state index >= 15 is 0 Å². The first-order valence-corrected chi connectivity index (χ1v) is 9.97. The summed E-state index contributed by atoms with van der Waals surface area (Å²) in [6.07, 6.45) is -4.56. The molecule has 0 aliphatic carbocycles. The van der Waals surface area contributed by atoms with Crippen LogP contribution in [-0.2, 0) is 17.5 Å². The largest absolute Gasteiger partial charge is 0.451 e. The molecule has 4 aromatic rings. The van der Waals surface area contributed by atoms with Crippen molar-refractivity contribution in [3.05, 3.63) is 80.2 Å². The van der Waals surface area contributed by atoms with Gasteiger partial charge >= 0.3 is 12.1 Å². The maximum absolute atomic E-state index is 13.0. The predicted molar refractivity (Wildman–Crippen MR) is 106 cm³/mol. The molecule has 3 aromatic heterocycles. The van der Waals surface area contributed by atoms with Crippen molar-refractivity contribution >= 4 is 17.3 Å². The Bertz CT molecular complexity index is 1330. The molecular formula is C20H13F3N4O4S. The van der Waals surface area contributed by atoms with Crippen LogP contribution in [0.5, 0.6) is 0 Å². The monoisotopic (exact) mass is 462 g/mol. The van der Waals surface area contributed by atoms with Crippen molar-refractivity contribution in [2.24, 2.45) is 0 Å². The molecule has 12 heteroatoms. The lowest BCUT2D eigenvalue weighted by Gasteiger charge is -2.13. The number of ether oxygens (including phenoxy) is 1. The number of thiophene rings is 1. The molecule has 0 aliphatic rings. The van der Waals surface area contributed by atoms with Crippen molar-refractivity contribution in [1.29, 1.82) is 0 Å². The van der Waals surface area contributed by atoms with Crippen molar-refractivity contribution in [3.8, 4) is 17.1 Å². The Morgan fingerprint density at radius 3 is 2.78 bits per heavy atom. The van der Waals surface area contributed by atoms with Crippen molar-refractivity contribution in [2.75, 3.05) is 0 Å². The van der Waals surface area contributed by atoms with E-state index in [1.54, 1.807) is 6.07 Å². The second-order valence-corrected chi connectivity index (χ2v) is 7.34. The zero-order chi connectivity index (χ0) is 22.9. The summed E-state index contributed by atoms with van der Waals surface area (Å²) < 4.78 is 50.2. The third-order valence-corrected chi connectivity index (χ3v) is 4.98. The van der Waals surface area contributed by atoms with Gasteiger partial charge in [-0.25, -0.2) is 9.48 Å². The molecule has 8 nitrogen and oxygen atoms in total. The van der Waals surface area contributed by atoms with Gasteiger partial charge in [-0.1, -0.05) is 11.2 Å². The van der Waals surface area contributed by atoms with E-state index in [2.05, 4.69) is 15.2 Å². The van der Waals surface area contributed by atoms with Crippen LogP contribution >= 0.6 is 11.3 Å². The number of aromatic nitrogens is 4. The highest BCUT2D eigenvalue weighted by Crippen LogP contribution is 2.30. The Balaban J connectivity index is 1.56. The van der Waals surface area contributed by atoms with Gasteiger partial charge in [-0.2, -0.15) is 34.6 Å². The van der Waals surface area contributed by atoms with E-state index in [9.17, 15) is 22.8 Å². The molecule has 0 saturated carbocycles. The van der Waals surface area contributed by atoms with Gasteiger partial charge < -0.3 is 9.26 Å². The number of carbonyl (C=O) groups is 1. The molecule has 4 rings (SSSR count). The summed E-state index contributed by atoms with van der Waals surface area (Å²) in [5.41, 5.74) is -1.21. The van der Waals surface area contributed by atoms with Crippen molar-refractivity contribution < 1.29 is 27.2 Å². The number of nitrogens with zero attached hydrogens (tertiary/aromatic N) is 4. The minimum Gasteiger partial charge on any atom is -0.451 e. The number of esters is 1. The molecule has 0 N–H and O–H groups in total. The summed E-state index contributed by atoms with van der Waals surface area (Å²) in [7, 11) is 0. The Morgan fingerprint density at radius 1 is 1.25 bits per heavy atom. The topological polar surface area (TPSA) is 100 Å². The molecule has 3 heterocycles. The summed E-state index contributed by atoms with van der Waals surface area (Å²) >= 11 is 1.45. The first kappa shape index (κ1) is 21.4. The summed E-state index contributed by atoms with van der Waals surface area (Å²) in [6.45, 7) is 1.07. The SMILES string of the molecule is Cc1cc(=O)c(C(=O)OCc2nc(-c3ccsc3)no2)nn1-c1cccc(C(F)(F)F)c1. The number of carbonyl (C=O) groups excluding carboxylic acids is 1. The molecular weight excluding hydrogens is 449 g/mol. The van der Waals surface area contributed by atoms with Gasteiger partial charge in [-0.15, -0.1) is 0 Å². The van der Waals surface area contributed by atoms with Gasteiger partial charge in [0, 0.05) is 22.7 Å². The average Bonchev–Trinajstić information content (AvgIpc) is 3.43. The van der Waals surface area contributed by atoms with Crippen LogP contribution < -0.4 is 5.43 Å². The van der Waals surface area contributed by atoms with Crippen LogP contribution in [0.15, 0.2) is 56.5 Å². The third kappa shape index (κ3) is 4.44. The Kier molecular flexibility index (Phi) is 5.61. The normalized spacial score (nSPS) is 11.5. The first-order chi connectivity index (χ1) is 15.2. The maximum Gasteiger partial charge on any atom is 0.416 e. The molecule has 0 amide bonds. The van der Waals surface area contributed by atoms with Crippen molar-refractivity contribution in [3.63, 3.8) is 0 Å². The van der Waals surface area contributed by atoms with Gasteiger partial charge in [0.15, 0.2) is 6.61 Å². The highest BCUT2D eigenvalue weighted by atomic mass is 32.1. The second-order valence-electron chi connectivity index (χ2n) is 6.56. The minimum atomic E-state index is -4.56. The second kappa shape index (κ2) is 8.38. The summed E-state index contributed by atoms with van der Waals surface area (Å²) in [5.74, 6) is -0.756. The number of aryl methyl sites for hydroxylation is 1. The lowest BCUT2D eigenvalue weighted by Crippen LogP contribution is -2.24. The van der Waals surface area contributed by atoms with E-state index in [0.717, 1.165) is 28.4 Å². The van der Waals surface area contributed by atoms with Gasteiger partial charge in [0.1, 0.15) is 0 Å². The molecule has 32 heavy (non-hydrogen) atoms. The van der Waals surface area contributed by atoms with Crippen LogP contribution in [0.2, 0.25) is 0 Å². The summed E-state index contributed by atoms with van der Waals surface area (Å²) in [4.78, 5) is 28.8. The Hall–Kier alpha value is -3.80. The summed E-state index contributed by atoms with van der Waals surface area (Å²) in [6, 6.07) is 7.23. The van der Waals surface area contributed by atoms with Crippen LogP contribution in [0.3, 0.4) is 0 Å². The standard InChI is InChI=1S/C20H13F3N4O4S/c1-11-7-15(28)17(25-27(11)14-4-2-3-13(8-14)20(21,22)23)19(29)30-9-16-24-18(26-31-16)12-5-6-32-10-12/h2-8,10H,9H2,1H3. The molecule has 0 bridgehead atoms. The fourth-order valence-corrected chi connectivity index (χ4v) is 3.42. The smallest absolute Gasteiger partial charge is 0.416 e. The Morgan fingerprint density at radius 2 is 2.06 bits per heavy atom. The van der Waals surface area contributed by atoms with Crippen LogP contribution in [0.1, 0.15) is 27.6 Å². The van der Waals surface area contributed by atoms with Crippen LogP contribution in [0.25, 0.3) is 17.1 Å². The lowest BCUT2D eigenvalue weighted by atomic mass is 10.2. The molecule has 0 saturated heterocycles. The van der Waals surface area contributed by atoms with E-state index in [0.29, 0.717) is 5.82 Å². The number of hydrogen-bond donors (Lipinski definition) is 0. The van der Waals surface area contributed by atoms with Crippen LogP contribution in [-0.4, -0.2) is 25.9 Å². The fourth-order valence-electron chi connectivity index (χ4n) is 2.78. The quantitative estimate of drug-likeness (QED) is 0.413. The maximum atomic E-state index is 13.0. The number of benzene rings is 1. The van der Waals surface area contributed by atoms with Crippen molar-refractivity contribution in [1.82, 2.24) is 19.9 Å². The van der Waals surface area contributed by atoms with Crippen molar-refractivity contribution in [2.45, 2.75) is 19.7 Å². The average molecular weight is 462 g/mol. The summed E-state index contributed by atoms with van der Waals surface area (Å²) in [5, 5.41) is 11.3. The molecule has 0 atom stereocenters. The van der Waals surface area contributed by atoms with Crippen LogP contribution in [0.4, 0.5) is 13.2 Å². The van der Waals surface area contributed by atoms with Gasteiger partial charge in [0.05, 0.1) is 11.3 Å². The molecule has 0 aliphatic heterocycles. The van der Waals surface area contributed by atoms with Gasteiger partial charge in [0.2, 0.25) is 16.9 Å². The van der Waals surface area contributed by atoms with E-state index in [1.807, 2.05) is 10.8 Å². The number of rotatable bonds is 5. The van der Waals surface area contributed by atoms with Gasteiger partial charge in [-0.3, -0.25) is 4.79 Å². The highest BCUT2D eigenvalue weighted by molar-refractivity contribution is 7.08. The fraction of sp³-hybridized carbons (Fsp3) is 0.150. The van der Waals surface area contributed by atoms with Gasteiger partial charge in [-0.05, 0) is 36.6 Å². The van der Waals surface area contributed by atoms with E-state index in [-0.39, 0.29) is 17.3 Å². The molecule has 164 valence electrons. The van der Waals surface area contributed by atoms with E-state index in [1.165, 1.54) is 30.4 Å². The van der Waals surface area contributed by atoms with E-state index < -0.39 is 35.4 Å². The first-order valence-electron chi connectivity index (χ1n) is 9.03. The predicted octanol–water partition coefficient (Wildman–Crippen LogP) is 4.03. The number of hydrogen-bond acceptors (Lipinski definition) is 8. The van der Waals surface area contributed by atoms with E-state index in [4.69, 9.17) is 9.26 Å². The number of alkyl halides is 3. The van der Waals surface area contributed by atoms with Crippen LogP contribution in [0, 0.1) is 6.92 Å². The lowest BCUT2D eigenvalue weighted by molar-refractivity contribution is -0.137. The molecule has 0 spiro atoms.